The molecule has 0 aliphatic rings. The Balaban J connectivity index is -0.000000500. The van der Waals surface area contributed by atoms with Gasteiger partial charge in [0, 0.05) is 23.8 Å². The normalized spacial score (nSPS) is 11.6. The maximum Gasteiger partial charge on any atom is 2.00 e. The predicted octanol–water partition coefficient (Wildman–Crippen LogP) is 4.37. The summed E-state index contributed by atoms with van der Waals surface area (Å²) >= 11 is 0. The van der Waals surface area contributed by atoms with Crippen molar-refractivity contribution in [3.63, 3.8) is 0 Å². The fourth-order valence-corrected chi connectivity index (χ4v) is 3.10. The minimum absolute atomic E-state index is 0. The molecule has 182 valence electrons. The van der Waals surface area contributed by atoms with Crippen LogP contribution in [0, 0.1) is 11.8 Å². The van der Waals surface area contributed by atoms with E-state index in [0.717, 1.165) is 24.0 Å². The maximum absolute atomic E-state index is 10.7. The number of benzene rings is 2. The molecular weight excluding hydrogens is 519 g/mol. The van der Waals surface area contributed by atoms with Gasteiger partial charge in [-0.15, -0.1) is 0 Å². The van der Waals surface area contributed by atoms with Crippen molar-refractivity contribution in [3.05, 3.63) is 70.8 Å². The monoisotopic (exact) mass is 562 g/mol. The molecule has 33 heavy (non-hydrogen) atoms. The van der Waals surface area contributed by atoms with Gasteiger partial charge in [0.25, 0.3) is 0 Å². The van der Waals surface area contributed by atoms with Crippen molar-refractivity contribution in [2.24, 2.45) is 11.8 Å². The Kier molecular flexibility index (Phi) is 19.1. The first-order chi connectivity index (χ1) is 14.0. The third-order valence-corrected chi connectivity index (χ3v) is 4.95. The van der Waals surface area contributed by atoms with Gasteiger partial charge in [0.15, 0.2) is 0 Å². The summed E-state index contributed by atoms with van der Waals surface area (Å²) in [6.45, 7) is 11.9. The molecule has 0 spiro atoms. The molecule has 2 rings (SSSR count). The van der Waals surface area contributed by atoms with Crippen LogP contribution in [0.2, 0.25) is 0 Å². The van der Waals surface area contributed by atoms with E-state index in [1.807, 2.05) is 48.5 Å². The molecule has 2 aromatic rings. The Morgan fingerprint density at radius 1 is 0.606 bits per heavy atom. The molecule has 2 aromatic carbocycles. The number of hydrogen-bond acceptors (Lipinski definition) is 4. The second-order valence-electron chi connectivity index (χ2n) is 8.76. The Morgan fingerprint density at radius 3 is 1.03 bits per heavy atom. The Bertz CT molecular complexity index is 726. The van der Waals surface area contributed by atoms with Gasteiger partial charge in [-0.05, 0) is 46.9 Å². The average Bonchev–Trinajstić information content (AvgIpc) is 2.67. The number of aliphatic carboxylic acids is 2. The van der Waals surface area contributed by atoms with Crippen LogP contribution in [0.1, 0.15) is 90.5 Å². The van der Waals surface area contributed by atoms with Gasteiger partial charge in [-0.3, -0.25) is 0 Å². The molecule has 0 amide bonds. The van der Waals surface area contributed by atoms with E-state index in [0.29, 0.717) is 11.8 Å². The van der Waals surface area contributed by atoms with E-state index in [-0.39, 0.29) is 38.8 Å². The van der Waals surface area contributed by atoms with E-state index in [9.17, 15) is 19.8 Å². The summed E-state index contributed by atoms with van der Waals surface area (Å²) in [4.78, 5) is 21.3. The molecule has 0 aliphatic carbocycles. The van der Waals surface area contributed by atoms with Crippen LogP contribution in [0.15, 0.2) is 48.5 Å². The molecule has 2 atom stereocenters. The number of hydrogen-bond donors (Lipinski definition) is 0. The van der Waals surface area contributed by atoms with Crippen LogP contribution in [-0.4, -0.2) is 35.8 Å². The van der Waals surface area contributed by atoms with E-state index in [1.54, 1.807) is 13.8 Å². The molecule has 0 bridgehead atoms. The molecule has 2 radical (unpaired) electrons. The molecule has 0 aliphatic heterocycles. The zero-order valence-corrected chi connectivity index (χ0v) is 22.3. The largest absolute Gasteiger partial charge is 2.00 e. The first-order valence-electron chi connectivity index (χ1n) is 10.6. The summed E-state index contributed by atoms with van der Waals surface area (Å²) in [6, 6.07) is 15.5. The molecule has 5 heteroatoms. The number of carboxylic acids is 2. The minimum Gasteiger partial charge on any atom is -0.550 e. The van der Waals surface area contributed by atoms with Crippen LogP contribution in [0.25, 0.3) is 0 Å². The van der Waals surface area contributed by atoms with Crippen LogP contribution in [0.3, 0.4) is 0 Å². The van der Waals surface area contributed by atoms with Crippen molar-refractivity contribution in [3.8, 4) is 0 Å². The maximum atomic E-state index is 10.7. The van der Waals surface area contributed by atoms with Crippen molar-refractivity contribution in [2.75, 3.05) is 0 Å². The first kappa shape index (κ1) is 35.8. The molecule has 0 saturated carbocycles. The number of carbonyl (C=O) groups is 2. The van der Waals surface area contributed by atoms with Crippen molar-refractivity contribution >= 4 is 35.8 Å². The van der Waals surface area contributed by atoms with Crippen molar-refractivity contribution in [1.82, 2.24) is 0 Å². The molecule has 0 aromatic heterocycles. The first-order valence-corrected chi connectivity index (χ1v) is 10.6. The van der Waals surface area contributed by atoms with Crippen molar-refractivity contribution < 1.29 is 19.8 Å². The summed E-state index contributed by atoms with van der Waals surface area (Å²) in [5, 5.41) is 21.3. The van der Waals surface area contributed by atoms with Crippen LogP contribution in [0.4, 0.5) is 0 Å². The third-order valence-electron chi connectivity index (χ3n) is 4.95. The van der Waals surface area contributed by atoms with Crippen molar-refractivity contribution in [1.29, 1.82) is 0 Å². The summed E-state index contributed by atoms with van der Waals surface area (Å²) in [7, 11) is 0. The van der Waals surface area contributed by atoms with Gasteiger partial charge in [-0.25, -0.2) is 0 Å². The van der Waals surface area contributed by atoms with Gasteiger partial charge in [0.1, 0.15) is 0 Å². The summed E-state index contributed by atoms with van der Waals surface area (Å²) in [5.41, 5.74) is 4.11. The van der Waals surface area contributed by atoms with Crippen LogP contribution in [0.5, 0.6) is 0 Å². The van der Waals surface area contributed by atoms with Gasteiger partial charge < -0.3 is 19.8 Å². The van der Waals surface area contributed by atoms with Crippen LogP contribution in [-0.2, 0) is 22.4 Å². The number of rotatable bonds is 8. The second-order valence-corrected chi connectivity index (χ2v) is 8.76. The van der Waals surface area contributed by atoms with Gasteiger partial charge in [-0.1, -0.05) is 105 Å². The van der Waals surface area contributed by atoms with Crippen LogP contribution < -0.4 is 10.2 Å². The van der Waals surface area contributed by atoms with Gasteiger partial charge in [-0.2, -0.15) is 0 Å². The Morgan fingerprint density at radius 2 is 0.848 bits per heavy atom. The molecule has 0 N–H and O–H groups in total. The van der Waals surface area contributed by atoms with E-state index < -0.39 is 23.8 Å². The molecule has 0 heterocycles. The van der Waals surface area contributed by atoms with Gasteiger partial charge in [0.2, 0.25) is 0 Å². The molecule has 4 nitrogen and oxygen atoms in total. The zero-order chi connectivity index (χ0) is 22.8. The Hall–Kier alpha value is -1.82. The predicted molar refractivity (Wildman–Crippen MR) is 136 cm³/mol. The van der Waals surface area contributed by atoms with Gasteiger partial charge >= 0.3 is 23.9 Å². The quantitative estimate of drug-likeness (QED) is 0.449. The van der Waals surface area contributed by atoms with E-state index in [2.05, 4.69) is 27.7 Å². The van der Waals surface area contributed by atoms with Crippen molar-refractivity contribution in [2.45, 2.75) is 81.1 Å². The fraction of sp³-hybridized carbons (Fsp3) is 0.500. The zero-order valence-electron chi connectivity index (χ0n) is 19.5. The topological polar surface area (TPSA) is 80.3 Å². The molecular formula is C28H42O4Sn. The summed E-state index contributed by atoms with van der Waals surface area (Å²) < 4.78 is 0. The second kappa shape index (κ2) is 17.6. The summed E-state index contributed by atoms with van der Waals surface area (Å²) in [6.07, 6.45) is 2.06. The standard InChI is InChI=1S/2C13H18O2.2CH4.Sn/c2*1-9(2)8-11-4-6-12(7-5-11)10(3)13(14)15;;;/h2*4-7,9-10H,8H2,1-3H3,(H,14,15);2*1H4;/q;;;;+2/p-2. The fourth-order valence-electron chi connectivity index (χ4n) is 3.10. The minimum atomic E-state index is -1.02. The molecule has 0 saturated heterocycles. The summed E-state index contributed by atoms with van der Waals surface area (Å²) in [5.74, 6) is -1.86. The van der Waals surface area contributed by atoms with E-state index in [4.69, 9.17) is 0 Å². The van der Waals surface area contributed by atoms with Gasteiger partial charge in [0.05, 0.1) is 0 Å². The molecule has 2 unspecified atom stereocenters. The van der Waals surface area contributed by atoms with E-state index in [1.165, 1.54) is 11.1 Å². The third kappa shape index (κ3) is 13.5. The van der Waals surface area contributed by atoms with Crippen LogP contribution >= 0.6 is 0 Å². The smallest absolute Gasteiger partial charge is 0.550 e. The number of carboxylic acid groups (broad SMARTS) is 2. The SMILES string of the molecule is C.C.CC(C)Cc1ccc(C(C)C(=O)[O-])cc1.CC(C)Cc1ccc(C(C)C(=O)[O-])cc1.[Sn+2]. The molecule has 0 fully saturated rings. The average molecular weight is 561 g/mol. The Labute approximate surface area is 218 Å². The number of carbonyl (C=O) groups excluding carboxylic acids is 2. The van der Waals surface area contributed by atoms with E-state index >= 15 is 0 Å².